The molecule has 0 amide bonds. The average Bonchev–Trinajstić information content (AvgIpc) is 2.57. The van der Waals surface area contributed by atoms with Crippen LogP contribution in [0.5, 0.6) is 0 Å². The molecule has 0 fully saturated rings. The molecule has 0 bridgehead atoms. The normalized spacial score (nSPS) is 27.6. The Hall–Kier alpha value is -1.02. The van der Waals surface area contributed by atoms with Gasteiger partial charge in [-0.1, -0.05) is 52.4 Å². The lowest BCUT2D eigenvalue weighted by molar-refractivity contribution is 0.797. The second-order valence-corrected chi connectivity index (χ2v) is 4.59. The summed E-state index contributed by atoms with van der Waals surface area (Å²) in [6.07, 6.45) is 6.45. The molecule has 1 N–H and O–H groups in total. The molecule has 70 valence electrons. The molecule has 2 atom stereocenters. The van der Waals surface area contributed by atoms with Gasteiger partial charge in [-0.05, 0) is 11.6 Å². The number of halogens is 1. The van der Waals surface area contributed by atoms with Crippen molar-refractivity contribution in [2.45, 2.75) is 12.0 Å². The smallest absolute Gasteiger partial charge is 0.0562 e. The van der Waals surface area contributed by atoms with Crippen LogP contribution in [0.1, 0.15) is 11.5 Å². The van der Waals surface area contributed by atoms with Crippen molar-refractivity contribution in [3.05, 3.63) is 52.5 Å². The van der Waals surface area contributed by atoms with E-state index >= 15 is 0 Å². The predicted octanol–water partition coefficient (Wildman–Crippen LogP) is 3.41. The molecule has 1 aliphatic carbocycles. The third-order valence-electron chi connectivity index (χ3n) is 2.85. The third-order valence-corrected chi connectivity index (χ3v) is 3.61. The summed E-state index contributed by atoms with van der Waals surface area (Å²) in [6, 6.07) is 8.93. The van der Waals surface area contributed by atoms with Gasteiger partial charge < -0.3 is 5.32 Å². The first-order valence-corrected chi connectivity index (χ1v) is 5.55. The SMILES string of the molecule is BrC1=CC=CC2Nc3ccccc3C12. The number of anilines is 1. The molecule has 1 heterocycles. The highest BCUT2D eigenvalue weighted by Gasteiger charge is 2.32. The van der Waals surface area contributed by atoms with Crippen LogP contribution in [-0.4, -0.2) is 6.04 Å². The van der Waals surface area contributed by atoms with Crippen molar-refractivity contribution in [2.24, 2.45) is 0 Å². The van der Waals surface area contributed by atoms with E-state index < -0.39 is 0 Å². The fraction of sp³-hybridized carbons (Fsp3) is 0.167. The summed E-state index contributed by atoms with van der Waals surface area (Å²) in [6.45, 7) is 0. The van der Waals surface area contributed by atoms with Gasteiger partial charge in [0.1, 0.15) is 0 Å². The summed E-state index contributed by atoms with van der Waals surface area (Å²) in [5.41, 5.74) is 2.66. The Morgan fingerprint density at radius 2 is 2.07 bits per heavy atom. The lowest BCUT2D eigenvalue weighted by Gasteiger charge is -2.19. The summed E-state index contributed by atoms with van der Waals surface area (Å²) >= 11 is 3.64. The van der Waals surface area contributed by atoms with Gasteiger partial charge in [0.15, 0.2) is 0 Å². The molecule has 0 saturated carbocycles. The first-order valence-electron chi connectivity index (χ1n) is 4.75. The van der Waals surface area contributed by atoms with Crippen molar-refractivity contribution in [2.75, 3.05) is 5.32 Å². The number of rotatable bonds is 0. The van der Waals surface area contributed by atoms with Crippen molar-refractivity contribution < 1.29 is 0 Å². The van der Waals surface area contributed by atoms with E-state index in [1.807, 2.05) is 0 Å². The molecular formula is C12H10BrN. The van der Waals surface area contributed by atoms with E-state index in [-0.39, 0.29) is 0 Å². The first-order chi connectivity index (χ1) is 6.86. The van der Waals surface area contributed by atoms with Gasteiger partial charge in [0.2, 0.25) is 0 Å². The Kier molecular flexibility index (Phi) is 1.77. The lowest BCUT2D eigenvalue weighted by Crippen LogP contribution is -2.19. The summed E-state index contributed by atoms with van der Waals surface area (Å²) in [4.78, 5) is 0. The molecule has 1 aliphatic heterocycles. The number of hydrogen-bond acceptors (Lipinski definition) is 1. The molecule has 2 heteroatoms. The Balaban J connectivity index is 2.14. The van der Waals surface area contributed by atoms with E-state index in [1.165, 1.54) is 15.7 Å². The third kappa shape index (κ3) is 1.07. The van der Waals surface area contributed by atoms with E-state index in [2.05, 4.69) is 63.7 Å². The highest BCUT2D eigenvalue weighted by molar-refractivity contribution is 9.11. The first kappa shape index (κ1) is 8.30. The molecular weight excluding hydrogens is 238 g/mol. The van der Waals surface area contributed by atoms with Gasteiger partial charge in [-0.2, -0.15) is 0 Å². The minimum atomic E-state index is 0.423. The number of hydrogen-bond donors (Lipinski definition) is 1. The second kappa shape index (κ2) is 2.99. The van der Waals surface area contributed by atoms with Crippen molar-refractivity contribution in [1.82, 2.24) is 0 Å². The van der Waals surface area contributed by atoms with Crippen LogP contribution in [0, 0.1) is 0 Å². The lowest BCUT2D eigenvalue weighted by atomic mass is 9.92. The quantitative estimate of drug-likeness (QED) is 0.741. The number of para-hydroxylation sites is 1. The molecule has 0 spiro atoms. The zero-order chi connectivity index (χ0) is 9.54. The summed E-state index contributed by atoms with van der Waals surface area (Å²) in [5.74, 6) is 0.469. The minimum absolute atomic E-state index is 0.423. The van der Waals surface area contributed by atoms with E-state index in [4.69, 9.17) is 0 Å². The van der Waals surface area contributed by atoms with Gasteiger partial charge in [0.25, 0.3) is 0 Å². The number of allylic oxidation sites excluding steroid dienone is 2. The number of fused-ring (bicyclic) bond motifs is 3. The average molecular weight is 248 g/mol. The molecule has 2 unspecified atom stereocenters. The fourth-order valence-electron chi connectivity index (χ4n) is 2.21. The largest absolute Gasteiger partial charge is 0.378 e. The van der Waals surface area contributed by atoms with Crippen LogP contribution in [-0.2, 0) is 0 Å². The van der Waals surface area contributed by atoms with Gasteiger partial charge in [0, 0.05) is 16.1 Å². The van der Waals surface area contributed by atoms with Crippen LogP contribution in [0.3, 0.4) is 0 Å². The van der Waals surface area contributed by atoms with Crippen molar-refractivity contribution in [3.63, 3.8) is 0 Å². The molecule has 0 aromatic heterocycles. The predicted molar refractivity (Wildman–Crippen MR) is 62.7 cm³/mol. The Bertz CT molecular complexity index is 434. The maximum absolute atomic E-state index is 3.64. The monoisotopic (exact) mass is 247 g/mol. The fourth-order valence-corrected chi connectivity index (χ4v) is 2.89. The maximum Gasteiger partial charge on any atom is 0.0562 e. The standard InChI is InChI=1S/C12H10BrN/c13-9-5-3-7-11-12(9)8-4-1-2-6-10(8)14-11/h1-7,11-12,14H. The Labute approximate surface area is 91.6 Å². The molecule has 3 rings (SSSR count). The van der Waals surface area contributed by atoms with Gasteiger partial charge in [-0.25, -0.2) is 0 Å². The van der Waals surface area contributed by atoms with Gasteiger partial charge >= 0.3 is 0 Å². The van der Waals surface area contributed by atoms with E-state index in [9.17, 15) is 0 Å². The van der Waals surface area contributed by atoms with Gasteiger partial charge in [0.05, 0.1) is 6.04 Å². The van der Waals surface area contributed by atoms with Crippen LogP contribution in [0.25, 0.3) is 0 Å². The number of nitrogens with one attached hydrogen (secondary N) is 1. The summed E-state index contributed by atoms with van der Waals surface area (Å²) in [7, 11) is 0. The summed E-state index contributed by atoms with van der Waals surface area (Å²) in [5, 5.41) is 3.51. The van der Waals surface area contributed by atoms with Crippen molar-refractivity contribution in [1.29, 1.82) is 0 Å². The van der Waals surface area contributed by atoms with Crippen LogP contribution in [0.15, 0.2) is 47.0 Å². The van der Waals surface area contributed by atoms with Crippen LogP contribution >= 0.6 is 15.9 Å². The van der Waals surface area contributed by atoms with Crippen molar-refractivity contribution >= 4 is 21.6 Å². The maximum atomic E-state index is 3.64. The molecule has 0 saturated heterocycles. The molecule has 1 nitrogen and oxygen atoms in total. The molecule has 14 heavy (non-hydrogen) atoms. The molecule has 2 aliphatic rings. The Morgan fingerprint density at radius 1 is 1.21 bits per heavy atom. The molecule has 1 aromatic rings. The van der Waals surface area contributed by atoms with Gasteiger partial charge in [-0.15, -0.1) is 0 Å². The highest BCUT2D eigenvalue weighted by Crippen LogP contribution is 2.44. The van der Waals surface area contributed by atoms with Gasteiger partial charge in [-0.3, -0.25) is 0 Å². The van der Waals surface area contributed by atoms with E-state index in [1.54, 1.807) is 0 Å². The number of benzene rings is 1. The summed E-state index contributed by atoms with van der Waals surface area (Å²) < 4.78 is 1.27. The van der Waals surface area contributed by atoms with Crippen molar-refractivity contribution in [3.8, 4) is 0 Å². The highest BCUT2D eigenvalue weighted by atomic mass is 79.9. The molecule has 0 radical (unpaired) electrons. The zero-order valence-corrected chi connectivity index (χ0v) is 9.16. The Morgan fingerprint density at radius 3 is 3.00 bits per heavy atom. The van der Waals surface area contributed by atoms with Crippen LogP contribution < -0.4 is 5.32 Å². The van der Waals surface area contributed by atoms with E-state index in [0.717, 1.165) is 0 Å². The molecule has 1 aromatic carbocycles. The minimum Gasteiger partial charge on any atom is -0.378 e. The zero-order valence-electron chi connectivity index (χ0n) is 7.57. The van der Waals surface area contributed by atoms with Crippen LogP contribution in [0.2, 0.25) is 0 Å². The topological polar surface area (TPSA) is 12.0 Å². The second-order valence-electron chi connectivity index (χ2n) is 3.67. The van der Waals surface area contributed by atoms with E-state index in [0.29, 0.717) is 12.0 Å². The van der Waals surface area contributed by atoms with Crippen LogP contribution in [0.4, 0.5) is 5.69 Å².